The van der Waals surface area contributed by atoms with Crippen molar-refractivity contribution in [2.24, 2.45) is 0 Å². The Morgan fingerprint density at radius 1 is 1.00 bits per heavy atom. The number of methoxy groups -OCH3 is 1. The molecule has 4 aromatic rings. The summed E-state index contributed by atoms with van der Waals surface area (Å²) in [5.41, 5.74) is 2.82. The summed E-state index contributed by atoms with van der Waals surface area (Å²) in [5.74, 6) is 0.0130. The number of sulfonamides is 1. The van der Waals surface area contributed by atoms with Gasteiger partial charge in [0, 0.05) is 28.9 Å². The van der Waals surface area contributed by atoms with Gasteiger partial charge in [0.05, 0.1) is 23.2 Å². The molecule has 0 atom stereocenters. The first kappa shape index (κ1) is 23.0. The Morgan fingerprint density at radius 3 is 2.62 bits per heavy atom. The number of pyridine rings is 1. The molecular weight excluding hydrogens is 450 g/mol. The van der Waals surface area contributed by atoms with Crippen LogP contribution in [0.15, 0.2) is 90.0 Å². The topological polar surface area (TPSA) is 97.4 Å². The zero-order chi connectivity index (χ0) is 24.1. The average Bonchev–Trinajstić information content (AvgIpc) is 2.84. The molecule has 7 nitrogen and oxygen atoms in total. The normalized spacial score (nSPS) is 11.5. The third kappa shape index (κ3) is 5.07. The highest BCUT2D eigenvalue weighted by atomic mass is 32.2. The molecule has 8 heteroatoms. The van der Waals surface area contributed by atoms with Gasteiger partial charge in [0.25, 0.3) is 10.0 Å². The van der Waals surface area contributed by atoms with Crippen LogP contribution < -0.4 is 14.8 Å². The highest BCUT2D eigenvalue weighted by Gasteiger charge is 2.19. The summed E-state index contributed by atoms with van der Waals surface area (Å²) in [5, 5.41) is 3.70. The first-order valence-electron chi connectivity index (χ1n) is 10.5. The molecule has 0 unspecified atom stereocenters. The van der Waals surface area contributed by atoms with Crippen molar-refractivity contribution in [1.82, 2.24) is 4.98 Å². The minimum Gasteiger partial charge on any atom is -0.495 e. The Kier molecular flexibility index (Phi) is 6.60. The van der Waals surface area contributed by atoms with Gasteiger partial charge in [0.1, 0.15) is 5.75 Å². The van der Waals surface area contributed by atoms with Crippen LogP contribution in [0.4, 0.5) is 11.4 Å². The van der Waals surface area contributed by atoms with E-state index in [1.165, 1.54) is 19.3 Å². The summed E-state index contributed by atoms with van der Waals surface area (Å²) in [6, 6.07) is 21.0. The molecular formula is C26H23N3O4S. The van der Waals surface area contributed by atoms with Crippen molar-refractivity contribution in [2.45, 2.75) is 11.8 Å². The summed E-state index contributed by atoms with van der Waals surface area (Å²) >= 11 is 0. The number of rotatable bonds is 7. The minimum atomic E-state index is -3.92. The van der Waals surface area contributed by atoms with E-state index in [9.17, 15) is 13.2 Å². The molecule has 0 fully saturated rings. The molecule has 0 radical (unpaired) electrons. The molecule has 0 saturated heterocycles. The Balaban J connectivity index is 1.54. The van der Waals surface area contributed by atoms with E-state index in [4.69, 9.17) is 4.74 Å². The SMILES string of the molecule is COc1ccccc1NS(=O)(=O)c1cc(NC(=O)/C=C/c2cccc3cccnc23)ccc1C. The predicted octanol–water partition coefficient (Wildman–Crippen LogP) is 5.00. The number of ether oxygens (including phenoxy) is 1. The van der Waals surface area contributed by atoms with Crippen LogP contribution in [0.1, 0.15) is 11.1 Å². The number of amides is 1. The van der Waals surface area contributed by atoms with Gasteiger partial charge >= 0.3 is 0 Å². The first-order valence-corrected chi connectivity index (χ1v) is 11.9. The Morgan fingerprint density at radius 2 is 1.79 bits per heavy atom. The van der Waals surface area contributed by atoms with Gasteiger partial charge in [0.2, 0.25) is 5.91 Å². The van der Waals surface area contributed by atoms with E-state index in [1.54, 1.807) is 55.6 Å². The molecule has 0 aliphatic carbocycles. The van der Waals surface area contributed by atoms with E-state index in [-0.39, 0.29) is 4.90 Å². The number of nitrogens with zero attached hydrogens (tertiary/aromatic N) is 1. The van der Waals surface area contributed by atoms with Crippen LogP contribution >= 0.6 is 0 Å². The maximum Gasteiger partial charge on any atom is 0.262 e. The average molecular weight is 474 g/mol. The lowest BCUT2D eigenvalue weighted by atomic mass is 10.1. The zero-order valence-electron chi connectivity index (χ0n) is 18.6. The summed E-state index contributed by atoms with van der Waals surface area (Å²) in [4.78, 5) is 17.0. The van der Waals surface area contributed by atoms with Gasteiger partial charge < -0.3 is 10.1 Å². The molecule has 3 aromatic carbocycles. The standard InChI is InChI=1S/C26H23N3O4S/c1-18-12-14-21(17-24(18)34(31,32)29-22-10-3-4-11-23(22)33-2)28-25(30)15-13-20-8-5-7-19-9-6-16-27-26(19)20/h3-17,29H,1-2H3,(H,28,30)/b15-13+. The van der Waals surface area contributed by atoms with Gasteiger partial charge in [-0.15, -0.1) is 0 Å². The fourth-order valence-corrected chi connectivity index (χ4v) is 4.85. The molecule has 4 rings (SSSR count). The molecule has 1 heterocycles. The first-order chi connectivity index (χ1) is 16.4. The molecule has 0 bridgehead atoms. The molecule has 34 heavy (non-hydrogen) atoms. The Bertz CT molecular complexity index is 1490. The number of nitrogens with one attached hydrogen (secondary N) is 2. The summed E-state index contributed by atoms with van der Waals surface area (Å²) in [7, 11) is -2.45. The van der Waals surface area contributed by atoms with Gasteiger partial charge in [-0.05, 0) is 48.9 Å². The third-order valence-electron chi connectivity index (χ3n) is 5.17. The number of benzene rings is 3. The molecule has 1 amide bonds. The van der Waals surface area contributed by atoms with E-state index in [2.05, 4.69) is 15.0 Å². The lowest BCUT2D eigenvalue weighted by molar-refractivity contribution is -0.111. The van der Waals surface area contributed by atoms with Crippen LogP contribution in [-0.4, -0.2) is 26.4 Å². The zero-order valence-corrected chi connectivity index (χ0v) is 19.5. The lowest BCUT2D eigenvalue weighted by Crippen LogP contribution is -2.16. The Hall–Kier alpha value is -4.17. The second-order valence-corrected chi connectivity index (χ2v) is 9.18. The highest BCUT2D eigenvalue weighted by Crippen LogP contribution is 2.28. The van der Waals surface area contributed by atoms with Gasteiger partial charge in [-0.2, -0.15) is 0 Å². The monoisotopic (exact) mass is 473 g/mol. The predicted molar refractivity (Wildman–Crippen MR) is 134 cm³/mol. The maximum absolute atomic E-state index is 13.1. The third-order valence-corrected chi connectivity index (χ3v) is 6.68. The molecule has 0 aliphatic heterocycles. The van der Waals surface area contributed by atoms with Gasteiger partial charge in [-0.1, -0.05) is 42.5 Å². The van der Waals surface area contributed by atoms with Crippen molar-refractivity contribution in [1.29, 1.82) is 0 Å². The van der Waals surface area contributed by atoms with Crippen LogP contribution in [0.2, 0.25) is 0 Å². The van der Waals surface area contributed by atoms with Gasteiger partial charge in [-0.25, -0.2) is 8.42 Å². The van der Waals surface area contributed by atoms with Gasteiger partial charge in [0.15, 0.2) is 0 Å². The lowest BCUT2D eigenvalue weighted by Gasteiger charge is -2.14. The molecule has 0 saturated carbocycles. The van der Waals surface area contributed by atoms with E-state index < -0.39 is 15.9 Å². The van der Waals surface area contributed by atoms with Crippen molar-refractivity contribution in [3.05, 3.63) is 96.2 Å². The number of para-hydroxylation sites is 3. The quantitative estimate of drug-likeness (QED) is 0.368. The largest absolute Gasteiger partial charge is 0.495 e. The van der Waals surface area contributed by atoms with Crippen molar-refractivity contribution in [3.8, 4) is 5.75 Å². The number of hydrogen-bond donors (Lipinski definition) is 2. The number of hydrogen-bond acceptors (Lipinski definition) is 5. The number of fused-ring (bicyclic) bond motifs is 1. The molecule has 0 spiro atoms. The number of carbonyl (C=O) groups is 1. The Labute approximate surface area is 198 Å². The van der Waals surface area contributed by atoms with Crippen molar-refractivity contribution in [2.75, 3.05) is 17.1 Å². The maximum atomic E-state index is 13.1. The number of carbonyl (C=O) groups excluding carboxylic acids is 1. The van der Waals surface area contributed by atoms with E-state index in [1.807, 2.05) is 30.3 Å². The van der Waals surface area contributed by atoms with E-state index in [0.29, 0.717) is 22.7 Å². The number of aromatic nitrogens is 1. The number of aryl methyl sites for hydroxylation is 1. The summed E-state index contributed by atoms with van der Waals surface area (Å²) < 4.78 is 33.9. The molecule has 2 N–H and O–H groups in total. The minimum absolute atomic E-state index is 0.0541. The molecule has 172 valence electrons. The van der Waals surface area contributed by atoms with Crippen LogP contribution in [0.25, 0.3) is 17.0 Å². The molecule has 1 aromatic heterocycles. The van der Waals surface area contributed by atoms with Crippen molar-refractivity contribution >= 4 is 44.3 Å². The fourth-order valence-electron chi connectivity index (χ4n) is 3.51. The second-order valence-electron chi connectivity index (χ2n) is 7.53. The number of anilines is 2. The van der Waals surface area contributed by atoms with Crippen molar-refractivity contribution < 1.29 is 17.9 Å². The van der Waals surface area contributed by atoms with Crippen molar-refractivity contribution in [3.63, 3.8) is 0 Å². The summed E-state index contributed by atoms with van der Waals surface area (Å²) in [6.45, 7) is 1.69. The molecule has 0 aliphatic rings. The van der Waals surface area contributed by atoms with E-state index in [0.717, 1.165) is 16.5 Å². The summed E-state index contributed by atoms with van der Waals surface area (Å²) in [6.07, 6.45) is 4.78. The van der Waals surface area contributed by atoms with Crippen LogP contribution in [0.5, 0.6) is 5.75 Å². The van der Waals surface area contributed by atoms with Crippen LogP contribution in [-0.2, 0) is 14.8 Å². The fraction of sp³-hybridized carbons (Fsp3) is 0.0769. The van der Waals surface area contributed by atoms with Crippen LogP contribution in [0, 0.1) is 6.92 Å². The van der Waals surface area contributed by atoms with E-state index >= 15 is 0 Å². The van der Waals surface area contributed by atoms with Gasteiger partial charge in [-0.3, -0.25) is 14.5 Å². The second kappa shape index (κ2) is 9.76. The highest BCUT2D eigenvalue weighted by molar-refractivity contribution is 7.92. The smallest absolute Gasteiger partial charge is 0.262 e. The van der Waals surface area contributed by atoms with Crippen LogP contribution in [0.3, 0.4) is 0 Å².